The van der Waals surface area contributed by atoms with Gasteiger partial charge >= 0.3 is 0 Å². The van der Waals surface area contributed by atoms with E-state index < -0.39 is 39.7 Å². The number of rotatable bonds is 6. The molecule has 1 amide bonds. The van der Waals surface area contributed by atoms with Crippen LogP contribution in [0.2, 0.25) is 15.1 Å². The Balaban J connectivity index is 1.47. The van der Waals surface area contributed by atoms with E-state index in [0.717, 1.165) is 0 Å². The van der Waals surface area contributed by atoms with Crippen LogP contribution >= 0.6 is 58.0 Å². The van der Waals surface area contributed by atoms with E-state index in [0.29, 0.717) is 5.56 Å². The van der Waals surface area contributed by atoms with Crippen molar-refractivity contribution in [2.75, 3.05) is 5.32 Å². The number of hydrogen-bond donors (Lipinski definition) is 1. The SMILES string of the molecule is O=C(CC1CC(F)(F)C1)c1cc(NC(=O)C2C(c3cc(Cl)c(F)c(Cl)c3)C2(Cl)Cl)ccc1Cl. The molecule has 0 spiro atoms. The summed E-state index contributed by atoms with van der Waals surface area (Å²) < 4.78 is 38.3. The number of hydrogen-bond acceptors (Lipinski definition) is 2. The molecule has 176 valence electrons. The summed E-state index contributed by atoms with van der Waals surface area (Å²) in [7, 11) is 0. The molecule has 1 N–H and O–H groups in total. The van der Waals surface area contributed by atoms with Gasteiger partial charge in [0.1, 0.15) is 4.33 Å². The van der Waals surface area contributed by atoms with E-state index in [1.54, 1.807) is 0 Å². The minimum Gasteiger partial charge on any atom is -0.326 e. The highest BCUT2D eigenvalue weighted by atomic mass is 35.5. The van der Waals surface area contributed by atoms with Crippen molar-refractivity contribution >= 4 is 75.4 Å². The summed E-state index contributed by atoms with van der Waals surface area (Å²) in [5.74, 6) is -6.43. The minimum atomic E-state index is -2.72. The van der Waals surface area contributed by atoms with Crippen LogP contribution in [0.15, 0.2) is 30.3 Å². The number of nitrogens with one attached hydrogen (secondary N) is 1. The van der Waals surface area contributed by atoms with E-state index in [2.05, 4.69) is 5.32 Å². The number of Topliss-reactive ketones (excluding diaryl/α,β-unsaturated/α-hetero) is 1. The van der Waals surface area contributed by atoms with Crippen molar-refractivity contribution in [3.8, 4) is 0 Å². The fourth-order valence-corrected chi connectivity index (χ4v) is 5.72. The zero-order chi connectivity index (χ0) is 24.3. The van der Waals surface area contributed by atoms with Crippen molar-refractivity contribution in [2.45, 2.75) is 35.4 Å². The van der Waals surface area contributed by atoms with Gasteiger partial charge in [-0.1, -0.05) is 34.8 Å². The maximum Gasteiger partial charge on any atom is 0.248 e. The van der Waals surface area contributed by atoms with Crippen molar-refractivity contribution < 1.29 is 22.8 Å². The van der Waals surface area contributed by atoms with Gasteiger partial charge in [-0.3, -0.25) is 9.59 Å². The summed E-state index contributed by atoms with van der Waals surface area (Å²) >= 11 is 30.4. The van der Waals surface area contributed by atoms with Crippen LogP contribution in [0.4, 0.5) is 18.9 Å². The van der Waals surface area contributed by atoms with Gasteiger partial charge in [0.25, 0.3) is 0 Å². The van der Waals surface area contributed by atoms with Crippen molar-refractivity contribution in [1.82, 2.24) is 0 Å². The molecule has 2 saturated carbocycles. The van der Waals surface area contributed by atoms with Crippen LogP contribution in [0.3, 0.4) is 0 Å². The van der Waals surface area contributed by atoms with Gasteiger partial charge in [0, 0.05) is 36.4 Å². The molecule has 0 aromatic heterocycles. The highest BCUT2D eigenvalue weighted by Gasteiger charge is 2.67. The number of amides is 1. The third-order valence-corrected chi connectivity index (χ3v) is 7.70. The third-order valence-electron chi connectivity index (χ3n) is 5.88. The van der Waals surface area contributed by atoms with Gasteiger partial charge in [-0.25, -0.2) is 13.2 Å². The highest BCUT2D eigenvalue weighted by Crippen LogP contribution is 2.65. The maximum atomic E-state index is 13.7. The lowest BCUT2D eigenvalue weighted by atomic mass is 9.77. The van der Waals surface area contributed by atoms with E-state index in [4.69, 9.17) is 58.0 Å². The maximum absolute atomic E-state index is 13.7. The Kier molecular flexibility index (Phi) is 6.64. The fourth-order valence-electron chi connectivity index (χ4n) is 4.16. The Morgan fingerprint density at radius 1 is 1.00 bits per heavy atom. The molecule has 2 aliphatic rings. The molecule has 0 bridgehead atoms. The second kappa shape index (κ2) is 8.80. The van der Waals surface area contributed by atoms with E-state index in [1.807, 2.05) is 0 Å². The Hall–Kier alpha value is -1.18. The molecule has 11 heteroatoms. The summed E-state index contributed by atoms with van der Waals surface area (Å²) in [6.07, 6.45) is -0.725. The number of anilines is 1. The van der Waals surface area contributed by atoms with Crippen LogP contribution in [-0.2, 0) is 4.79 Å². The molecule has 2 aromatic carbocycles. The largest absolute Gasteiger partial charge is 0.326 e. The summed E-state index contributed by atoms with van der Waals surface area (Å²) in [6.45, 7) is 0. The summed E-state index contributed by atoms with van der Waals surface area (Å²) in [6, 6.07) is 6.92. The molecule has 2 unspecified atom stereocenters. The molecule has 2 atom stereocenters. The minimum absolute atomic E-state index is 0.0596. The first-order valence-electron chi connectivity index (χ1n) is 9.84. The molecule has 2 aromatic rings. The topological polar surface area (TPSA) is 46.2 Å². The molecular weight excluding hydrogens is 545 g/mol. The zero-order valence-corrected chi connectivity index (χ0v) is 20.4. The normalized spacial score (nSPS) is 23.0. The predicted molar refractivity (Wildman–Crippen MR) is 124 cm³/mol. The second-order valence-electron chi connectivity index (χ2n) is 8.37. The van der Waals surface area contributed by atoms with Gasteiger partial charge in [0.2, 0.25) is 11.8 Å². The molecule has 3 nitrogen and oxygen atoms in total. The Morgan fingerprint density at radius 3 is 2.18 bits per heavy atom. The number of halogens is 8. The fraction of sp³-hybridized carbons (Fsp3) is 0.364. The average Bonchev–Trinajstić information content (AvgIpc) is 3.27. The number of ketones is 1. The number of benzene rings is 2. The Bertz CT molecular complexity index is 1130. The van der Waals surface area contributed by atoms with Crippen LogP contribution in [-0.4, -0.2) is 21.9 Å². The number of alkyl halides is 4. The van der Waals surface area contributed by atoms with Gasteiger partial charge in [0.15, 0.2) is 11.6 Å². The Labute approximate surface area is 212 Å². The quantitative estimate of drug-likeness (QED) is 0.222. The van der Waals surface area contributed by atoms with E-state index >= 15 is 0 Å². The first-order chi connectivity index (χ1) is 15.3. The van der Waals surface area contributed by atoms with Crippen LogP contribution in [0.5, 0.6) is 0 Å². The van der Waals surface area contributed by atoms with Gasteiger partial charge in [-0.05, 0) is 41.8 Å². The van der Waals surface area contributed by atoms with Crippen LogP contribution in [0.25, 0.3) is 0 Å². The van der Waals surface area contributed by atoms with Crippen molar-refractivity contribution in [1.29, 1.82) is 0 Å². The lowest BCUT2D eigenvalue weighted by Gasteiger charge is -2.34. The molecule has 0 saturated heterocycles. The summed E-state index contributed by atoms with van der Waals surface area (Å²) in [5, 5.41) is 2.34. The summed E-state index contributed by atoms with van der Waals surface area (Å²) in [5.41, 5.74) is 0.787. The van der Waals surface area contributed by atoms with Crippen LogP contribution in [0.1, 0.15) is 41.1 Å². The molecule has 0 radical (unpaired) electrons. The average molecular weight is 560 g/mol. The van der Waals surface area contributed by atoms with E-state index in [-0.39, 0.29) is 51.4 Å². The molecule has 2 aliphatic carbocycles. The van der Waals surface area contributed by atoms with Crippen LogP contribution in [0, 0.1) is 17.7 Å². The molecule has 2 fully saturated rings. The standard InChI is InChI=1S/C22H15Cl5F3NO2/c23-13-2-1-11(6-12(13)16(32)3-9-7-21(29,30)8-9)31-20(33)18-17(22(18,26)27)10-4-14(24)19(28)15(25)5-10/h1-2,4-6,9,17-18H,3,7-8H2,(H,31,33). The molecular formula is C22H15Cl5F3NO2. The first kappa shape index (κ1) is 24.9. The van der Waals surface area contributed by atoms with Crippen molar-refractivity contribution in [3.05, 3.63) is 62.3 Å². The zero-order valence-electron chi connectivity index (χ0n) is 16.6. The third kappa shape index (κ3) is 4.96. The predicted octanol–water partition coefficient (Wildman–Crippen LogP) is 7.93. The van der Waals surface area contributed by atoms with E-state index in [9.17, 15) is 22.8 Å². The molecule has 4 rings (SSSR count). The van der Waals surface area contributed by atoms with Gasteiger partial charge in [-0.2, -0.15) is 0 Å². The van der Waals surface area contributed by atoms with Crippen molar-refractivity contribution in [3.63, 3.8) is 0 Å². The van der Waals surface area contributed by atoms with E-state index in [1.165, 1.54) is 30.3 Å². The molecule has 0 heterocycles. The molecule has 0 aliphatic heterocycles. The lowest BCUT2D eigenvalue weighted by Crippen LogP contribution is -2.36. The monoisotopic (exact) mass is 557 g/mol. The number of carbonyl (C=O) groups excluding carboxylic acids is 2. The smallest absolute Gasteiger partial charge is 0.248 e. The Morgan fingerprint density at radius 2 is 1.61 bits per heavy atom. The van der Waals surface area contributed by atoms with Crippen molar-refractivity contribution in [2.24, 2.45) is 11.8 Å². The van der Waals surface area contributed by atoms with Gasteiger partial charge in [0.05, 0.1) is 21.0 Å². The van der Waals surface area contributed by atoms with Gasteiger partial charge < -0.3 is 5.32 Å². The first-order valence-corrected chi connectivity index (χ1v) is 11.7. The lowest BCUT2D eigenvalue weighted by molar-refractivity contribution is -0.117. The van der Waals surface area contributed by atoms with Gasteiger partial charge in [-0.15, -0.1) is 23.2 Å². The number of carbonyl (C=O) groups is 2. The highest BCUT2D eigenvalue weighted by molar-refractivity contribution is 6.53. The molecule has 33 heavy (non-hydrogen) atoms. The second-order valence-corrected chi connectivity index (χ2v) is 11.0. The summed E-state index contributed by atoms with van der Waals surface area (Å²) in [4.78, 5) is 25.4. The van der Waals surface area contributed by atoms with Crippen LogP contribution < -0.4 is 5.32 Å².